The lowest BCUT2D eigenvalue weighted by Crippen LogP contribution is -2.16. The van der Waals surface area contributed by atoms with Crippen molar-refractivity contribution in [1.82, 2.24) is 0 Å². The van der Waals surface area contributed by atoms with Crippen molar-refractivity contribution in [1.29, 1.82) is 0 Å². The minimum atomic E-state index is -0.243. The molecule has 3 heteroatoms. The molecule has 0 saturated carbocycles. The molecule has 0 bridgehead atoms. The number of hydrogen-bond donors (Lipinski definition) is 0. The monoisotopic (exact) mass is 257 g/mol. The highest BCUT2D eigenvalue weighted by atomic mass is 19.1. The fourth-order valence-electron chi connectivity index (χ4n) is 2.10. The number of nitrogens with zero attached hydrogens (tertiary/aromatic N) is 1. The summed E-state index contributed by atoms with van der Waals surface area (Å²) in [6.07, 6.45) is 0.854. The molecule has 0 atom stereocenters. The predicted octanol–water partition coefficient (Wildman–Crippen LogP) is 4.10. The lowest BCUT2D eigenvalue weighted by Gasteiger charge is -2.24. The van der Waals surface area contributed by atoms with E-state index >= 15 is 0 Å². The number of halogens is 1. The average Bonchev–Trinajstić information content (AvgIpc) is 2.42. The van der Waals surface area contributed by atoms with Gasteiger partial charge >= 0.3 is 0 Å². The molecule has 0 aliphatic rings. The molecule has 2 rings (SSSR count). The fourth-order valence-corrected chi connectivity index (χ4v) is 2.10. The average molecular weight is 257 g/mol. The van der Waals surface area contributed by atoms with Gasteiger partial charge in [-0.3, -0.25) is 4.79 Å². The Morgan fingerprint density at radius 3 is 2.26 bits per heavy atom. The molecule has 0 N–H and O–H groups in total. The Hall–Kier alpha value is -2.16. The van der Waals surface area contributed by atoms with E-state index in [1.54, 1.807) is 12.1 Å². The number of aldehydes is 1. The van der Waals surface area contributed by atoms with Crippen LogP contribution in [0.1, 0.15) is 22.8 Å². The molecule has 0 aromatic heterocycles. The third-order valence-electron chi connectivity index (χ3n) is 3.15. The van der Waals surface area contributed by atoms with Crippen molar-refractivity contribution in [3.05, 3.63) is 59.4 Å². The molecule has 0 aliphatic carbocycles. The standard InChI is InChI=1S/C16H16FNO/c1-3-18(15-8-5-14(17)6-9-15)16-7-4-13(11-19)12(2)10-16/h4-11H,3H2,1-2H3. The smallest absolute Gasteiger partial charge is 0.150 e. The summed E-state index contributed by atoms with van der Waals surface area (Å²) in [5.74, 6) is -0.243. The molecule has 98 valence electrons. The highest BCUT2D eigenvalue weighted by molar-refractivity contribution is 5.79. The Kier molecular flexibility index (Phi) is 3.95. The van der Waals surface area contributed by atoms with Gasteiger partial charge in [0.05, 0.1) is 0 Å². The Bertz CT molecular complexity index is 578. The van der Waals surface area contributed by atoms with Crippen molar-refractivity contribution in [3.63, 3.8) is 0 Å². The lowest BCUT2D eigenvalue weighted by atomic mass is 10.1. The van der Waals surface area contributed by atoms with E-state index in [-0.39, 0.29) is 5.82 Å². The number of hydrogen-bond acceptors (Lipinski definition) is 2. The van der Waals surface area contributed by atoms with Crippen molar-refractivity contribution in [3.8, 4) is 0 Å². The van der Waals surface area contributed by atoms with Gasteiger partial charge in [-0.05, 0) is 61.9 Å². The number of benzene rings is 2. The van der Waals surface area contributed by atoms with Gasteiger partial charge in [0.15, 0.2) is 0 Å². The molecule has 0 amide bonds. The Labute approximate surface area is 112 Å². The van der Waals surface area contributed by atoms with Crippen molar-refractivity contribution < 1.29 is 9.18 Å². The summed E-state index contributed by atoms with van der Waals surface area (Å²) in [5, 5.41) is 0. The molecule has 0 unspecified atom stereocenters. The SMILES string of the molecule is CCN(c1ccc(F)cc1)c1ccc(C=O)c(C)c1. The number of rotatable bonds is 4. The van der Waals surface area contributed by atoms with Crippen LogP contribution in [0, 0.1) is 12.7 Å². The van der Waals surface area contributed by atoms with Gasteiger partial charge in [0.25, 0.3) is 0 Å². The molecule has 0 fully saturated rings. The molecule has 0 spiro atoms. The van der Waals surface area contributed by atoms with Gasteiger partial charge in [-0.15, -0.1) is 0 Å². The minimum absolute atomic E-state index is 0.243. The summed E-state index contributed by atoms with van der Waals surface area (Å²) < 4.78 is 13.0. The van der Waals surface area contributed by atoms with E-state index in [4.69, 9.17) is 0 Å². The molecule has 2 aromatic carbocycles. The summed E-state index contributed by atoms with van der Waals surface area (Å²) in [7, 11) is 0. The summed E-state index contributed by atoms with van der Waals surface area (Å²) in [6.45, 7) is 4.71. The van der Waals surface area contributed by atoms with Crippen molar-refractivity contribution in [2.24, 2.45) is 0 Å². The van der Waals surface area contributed by atoms with Gasteiger partial charge in [-0.2, -0.15) is 0 Å². The normalized spacial score (nSPS) is 10.3. The summed E-state index contributed by atoms with van der Waals surface area (Å²) >= 11 is 0. The van der Waals surface area contributed by atoms with Crippen molar-refractivity contribution in [2.45, 2.75) is 13.8 Å². The maximum Gasteiger partial charge on any atom is 0.150 e. The van der Waals surface area contributed by atoms with E-state index < -0.39 is 0 Å². The Balaban J connectivity index is 2.39. The quantitative estimate of drug-likeness (QED) is 0.768. The van der Waals surface area contributed by atoms with E-state index in [0.717, 1.165) is 29.8 Å². The van der Waals surface area contributed by atoms with Gasteiger partial charge in [-0.1, -0.05) is 0 Å². The number of anilines is 2. The Morgan fingerprint density at radius 2 is 1.74 bits per heavy atom. The number of carbonyl (C=O) groups is 1. The van der Waals surface area contributed by atoms with Crippen LogP contribution in [0.2, 0.25) is 0 Å². The molecular formula is C16H16FNO. The third-order valence-corrected chi connectivity index (χ3v) is 3.15. The van der Waals surface area contributed by atoms with Gasteiger partial charge in [0.2, 0.25) is 0 Å². The molecular weight excluding hydrogens is 241 g/mol. The maximum atomic E-state index is 13.0. The Morgan fingerprint density at radius 1 is 1.11 bits per heavy atom. The van der Waals surface area contributed by atoms with E-state index in [1.165, 1.54) is 12.1 Å². The molecule has 0 saturated heterocycles. The molecule has 0 heterocycles. The molecule has 0 radical (unpaired) electrons. The first-order valence-corrected chi connectivity index (χ1v) is 6.24. The maximum absolute atomic E-state index is 13.0. The van der Waals surface area contributed by atoms with Crippen LogP contribution in [0.3, 0.4) is 0 Å². The first-order valence-electron chi connectivity index (χ1n) is 6.24. The van der Waals surface area contributed by atoms with Gasteiger partial charge in [0.1, 0.15) is 12.1 Å². The fraction of sp³-hybridized carbons (Fsp3) is 0.188. The van der Waals surface area contributed by atoms with E-state index in [9.17, 15) is 9.18 Å². The largest absolute Gasteiger partial charge is 0.342 e. The van der Waals surface area contributed by atoms with E-state index in [2.05, 4.69) is 4.90 Å². The van der Waals surface area contributed by atoms with Crippen LogP contribution in [-0.4, -0.2) is 12.8 Å². The van der Waals surface area contributed by atoms with Crippen molar-refractivity contribution >= 4 is 17.7 Å². The van der Waals surface area contributed by atoms with Crippen LogP contribution in [-0.2, 0) is 0 Å². The second-order valence-electron chi connectivity index (χ2n) is 4.38. The van der Waals surface area contributed by atoms with Gasteiger partial charge in [-0.25, -0.2) is 4.39 Å². The second kappa shape index (κ2) is 5.65. The van der Waals surface area contributed by atoms with Crippen molar-refractivity contribution in [2.75, 3.05) is 11.4 Å². The van der Waals surface area contributed by atoms with Crippen LogP contribution in [0.15, 0.2) is 42.5 Å². The molecule has 19 heavy (non-hydrogen) atoms. The second-order valence-corrected chi connectivity index (χ2v) is 4.38. The van der Waals surface area contributed by atoms with Crippen LogP contribution in [0.5, 0.6) is 0 Å². The third kappa shape index (κ3) is 2.81. The predicted molar refractivity (Wildman–Crippen MR) is 75.6 cm³/mol. The van der Waals surface area contributed by atoms with Crippen LogP contribution in [0.4, 0.5) is 15.8 Å². The minimum Gasteiger partial charge on any atom is -0.342 e. The van der Waals surface area contributed by atoms with Gasteiger partial charge < -0.3 is 4.90 Å². The molecule has 2 aromatic rings. The molecule has 2 nitrogen and oxygen atoms in total. The topological polar surface area (TPSA) is 20.3 Å². The first-order chi connectivity index (χ1) is 9.15. The molecule has 0 aliphatic heterocycles. The number of aryl methyl sites for hydroxylation is 1. The summed E-state index contributed by atoms with van der Waals surface area (Å²) in [6, 6.07) is 12.1. The van der Waals surface area contributed by atoms with Crippen LogP contribution >= 0.6 is 0 Å². The number of carbonyl (C=O) groups excluding carboxylic acids is 1. The zero-order chi connectivity index (χ0) is 13.8. The lowest BCUT2D eigenvalue weighted by molar-refractivity contribution is 0.112. The first kappa shape index (κ1) is 13.3. The van der Waals surface area contributed by atoms with Crippen LogP contribution in [0.25, 0.3) is 0 Å². The zero-order valence-electron chi connectivity index (χ0n) is 11.1. The van der Waals surface area contributed by atoms with E-state index in [0.29, 0.717) is 5.56 Å². The highest BCUT2D eigenvalue weighted by Crippen LogP contribution is 2.26. The summed E-state index contributed by atoms with van der Waals surface area (Å²) in [5.41, 5.74) is 3.56. The zero-order valence-corrected chi connectivity index (χ0v) is 11.1. The van der Waals surface area contributed by atoms with Crippen LogP contribution < -0.4 is 4.90 Å². The highest BCUT2D eigenvalue weighted by Gasteiger charge is 2.08. The van der Waals surface area contributed by atoms with E-state index in [1.807, 2.05) is 32.0 Å². The summed E-state index contributed by atoms with van der Waals surface area (Å²) in [4.78, 5) is 12.9. The van der Waals surface area contributed by atoms with Gasteiger partial charge in [0, 0.05) is 23.5 Å².